The van der Waals surface area contributed by atoms with Crippen molar-refractivity contribution < 1.29 is 14.3 Å². The second-order valence-corrected chi connectivity index (χ2v) is 7.57. The molecule has 33 heavy (non-hydrogen) atoms. The van der Waals surface area contributed by atoms with E-state index >= 15 is 0 Å². The molecule has 0 unspecified atom stereocenters. The quantitative estimate of drug-likeness (QED) is 0.317. The van der Waals surface area contributed by atoms with E-state index in [-0.39, 0.29) is 12.3 Å². The van der Waals surface area contributed by atoms with Gasteiger partial charge in [0, 0.05) is 18.1 Å². The Bertz CT molecular complexity index is 1420. The van der Waals surface area contributed by atoms with E-state index in [4.69, 9.17) is 9.47 Å². The van der Waals surface area contributed by atoms with Crippen LogP contribution < -0.4 is 4.74 Å². The van der Waals surface area contributed by atoms with Crippen molar-refractivity contribution in [1.82, 2.24) is 24.5 Å². The molecule has 0 bridgehead atoms. The Morgan fingerprint density at radius 1 is 1.09 bits per heavy atom. The molecule has 0 spiro atoms. The number of esters is 1. The van der Waals surface area contributed by atoms with Gasteiger partial charge in [0.25, 0.3) is 0 Å². The van der Waals surface area contributed by atoms with Crippen LogP contribution in [0.5, 0.6) is 5.75 Å². The van der Waals surface area contributed by atoms with Gasteiger partial charge in [-0.3, -0.25) is 4.57 Å². The fourth-order valence-corrected chi connectivity index (χ4v) is 3.80. The average molecular weight is 439 g/mol. The Kier molecular flexibility index (Phi) is 5.15. The first kappa shape index (κ1) is 20.5. The fourth-order valence-electron chi connectivity index (χ4n) is 3.80. The Morgan fingerprint density at radius 3 is 2.67 bits per heavy atom. The molecule has 0 radical (unpaired) electrons. The van der Waals surface area contributed by atoms with Crippen LogP contribution in [0.15, 0.2) is 48.8 Å². The van der Waals surface area contributed by atoms with Gasteiger partial charge in [0.1, 0.15) is 12.1 Å². The molecule has 0 saturated carbocycles. The molecule has 8 heteroatoms. The summed E-state index contributed by atoms with van der Waals surface area (Å²) >= 11 is 0. The van der Waals surface area contributed by atoms with Crippen molar-refractivity contribution in [2.75, 3.05) is 13.7 Å². The number of rotatable bonds is 3. The highest BCUT2D eigenvalue weighted by Crippen LogP contribution is 2.32. The largest absolute Gasteiger partial charge is 0.497 e. The van der Waals surface area contributed by atoms with Crippen molar-refractivity contribution in [3.63, 3.8) is 0 Å². The number of aryl methyl sites for hydroxylation is 1. The van der Waals surface area contributed by atoms with E-state index in [1.54, 1.807) is 25.0 Å². The maximum absolute atomic E-state index is 12.6. The van der Waals surface area contributed by atoms with E-state index in [2.05, 4.69) is 27.1 Å². The van der Waals surface area contributed by atoms with Gasteiger partial charge in [-0.05, 0) is 44.0 Å². The first-order valence-electron chi connectivity index (χ1n) is 10.5. The van der Waals surface area contributed by atoms with E-state index in [1.165, 1.54) is 5.56 Å². The van der Waals surface area contributed by atoms with Gasteiger partial charge in [-0.25, -0.2) is 14.5 Å². The molecule has 4 aromatic rings. The molecule has 2 aromatic carbocycles. The molecule has 8 nitrogen and oxygen atoms in total. The third-order valence-electron chi connectivity index (χ3n) is 5.48. The van der Waals surface area contributed by atoms with Gasteiger partial charge in [-0.2, -0.15) is 0 Å². The van der Waals surface area contributed by atoms with E-state index < -0.39 is 5.97 Å². The molecule has 2 aromatic heterocycles. The highest BCUT2D eigenvalue weighted by molar-refractivity contribution is 5.89. The maximum Gasteiger partial charge on any atom is 0.358 e. The van der Waals surface area contributed by atoms with Crippen LogP contribution in [0.1, 0.15) is 45.6 Å². The zero-order valence-corrected chi connectivity index (χ0v) is 18.5. The second kappa shape index (κ2) is 8.28. The van der Waals surface area contributed by atoms with Crippen LogP contribution in [0, 0.1) is 18.8 Å². The Labute approximate surface area is 190 Å². The standard InChI is InChI=1S/C25H21N5O3/c1-4-33-25(31)24-23-14-21-19(11-9-17-7-5-16(2)6-8-17)27-28-30(21)22-13-18(32-3)10-12-20(22)29(23)15-26-24/h5-8,10,12-13,15H,4,14H2,1-3H3. The topological polar surface area (TPSA) is 84.1 Å². The minimum atomic E-state index is -0.463. The maximum atomic E-state index is 12.6. The highest BCUT2D eigenvalue weighted by atomic mass is 16.5. The highest BCUT2D eigenvalue weighted by Gasteiger charge is 2.28. The smallest absolute Gasteiger partial charge is 0.358 e. The molecule has 0 N–H and O–H groups in total. The minimum absolute atomic E-state index is 0.269. The van der Waals surface area contributed by atoms with Crippen LogP contribution in [-0.4, -0.2) is 44.2 Å². The van der Waals surface area contributed by atoms with E-state index in [0.29, 0.717) is 23.6 Å². The third-order valence-corrected chi connectivity index (χ3v) is 5.48. The fraction of sp³-hybridized carbons (Fsp3) is 0.200. The van der Waals surface area contributed by atoms with Crippen LogP contribution in [0.3, 0.4) is 0 Å². The van der Waals surface area contributed by atoms with Crippen molar-refractivity contribution in [1.29, 1.82) is 0 Å². The molecule has 0 saturated heterocycles. The number of nitrogens with zero attached hydrogens (tertiary/aromatic N) is 5. The number of ether oxygens (including phenoxy) is 2. The predicted molar refractivity (Wildman–Crippen MR) is 121 cm³/mol. The van der Waals surface area contributed by atoms with Crippen LogP contribution in [0.25, 0.3) is 11.4 Å². The summed E-state index contributed by atoms with van der Waals surface area (Å²) in [6.45, 7) is 4.07. The predicted octanol–water partition coefficient (Wildman–Crippen LogP) is 3.25. The first-order chi connectivity index (χ1) is 16.1. The van der Waals surface area contributed by atoms with Crippen molar-refractivity contribution in [2.45, 2.75) is 20.3 Å². The van der Waals surface area contributed by atoms with Crippen LogP contribution in [0.4, 0.5) is 0 Å². The van der Waals surface area contributed by atoms with Gasteiger partial charge in [-0.1, -0.05) is 28.8 Å². The number of methoxy groups -OCH3 is 1. The summed E-state index contributed by atoms with van der Waals surface area (Å²) in [5.74, 6) is 6.53. The number of benzene rings is 2. The number of hydrogen-bond donors (Lipinski definition) is 0. The van der Waals surface area contributed by atoms with Crippen LogP contribution in [-0.2, 0) is 11.2 Å². The van der Waals surface area contributed by atoms with Crippen molar-refractivity contribution in [2.24, 2.45) is 0 Å². The molecule has 0 aliphatic carbocycles. The van der Waals surface area contributed by atoms with Gasteiger partial charge in [0.15, 0.2) is 11.4 Å². The Balaban J connectivity index is 1.68. The Morgan fingerprint density at radius 2 is 1.91 bits per heavy atom. The van der Waals surface area contributed by atoms with Crippen molar-refractivity contribution >= 4 is 5.97 Å². The van der Waals surface area contributed by atoms with E-state index in [9.17, 15) is 4.79 Å². The number of aromatic nitrogens is 5. The molecule has 0 amide bonds. The zero-order valence-electron chi connectivity index (χ0n) is 18.5. The molecule has 0 atom stereocenters. The van der Waals surface area contributed by atoms with Gasteiger partial charge in [-0.15, -0.1) is 5.10 Å². The average Bonchev–Trinajstić information content (AvgIpc) is 3.40. The Hall–Kier alpha value is -4.38. The summed E-state index contributed by atoms with van der Waals surface area (Å²) in [5, 5.41) is 8.74. The number of fused-ring (bicyclic) bond motifs is 5. The number of carbonyl (C=O) groups is 1. The van der Waals surface area contributed by atoms with E-state index in [1.807, 2.05) is 54.0 Å². The molecular weight excluding hydrogens is 418 g/mol. The third kappa shape index (κ3) is 3.64. The number of imidazole rings is 1. The first-order valence-corrected chi connectivity index (χ1v) is 10.5. The minimum Gasteiger partial charge on any atom is -0.497 e. The van der Waals surface area contributed by atoms with Gasteiger partial charge in [0.2, 0.25) is 0 Å². The SMILES string of the molecule is CCOC(=O)c1ncn2c1Cc1c(C#Cc3ccc(C)cc3)nnn1-c1cc(OC)ccc1-2. The van der Waals surface area contributed by atoms with Crippen LogP contribution >= 0.6 is 0 Å². The summed E-state index contributed by atoms with van der Waals surface area (Å²) in [6, 6.07) is 13.6. The lowest BCUT2D eigenvalue weighted by molar-refractivity contribution is 0.0519. The summed E-state index contributed by atoms with van der Waals surface area (Å²) in [5.41, 5.74) is 5.87. The molecule has 164 valence electrons. The molecular formula is C25H21N5O3. The van der Waals surface area contributed by atoms with Gasteiger partial charge in [0.05, 0.1) is 36.5 Å². The number of carbonyl (C=O) groups excluding carboxylic acids is 1. The number of hydrogen-bond acceptors (Lipinski definition) is 6. The lowest BCUT2D eigenvalue weighted by Gasteiger charge is -2.11. The molecule has 5 rings (SSSR count). The van der Waals surface area contributed by atoms with E-state index in [0.717, 1.165) is 22.6 Å². The molecule has 3 heterocycles. The lowest BCUT2D eigenvalue weighted by atomic mass is 10.1. The summed E-state index contributed by atoms with van der Waals surface area (Å²) < 4.78 is 14.3. The van der Waals surface area contributed by atoms with Crippen molar-refractivity contribution in [3.8, 4) is 29.0 Å². The second-order valence-electron chi connectivity index (χ2n) is 7.57. The normalized spacial score (nSPS) is 11.4. The summed E-state index contributed by atoms with van der Waals surface area (Å²) in [6.07, 6.45) is 1.99. The van der Waals surface area contributed by atoms with Gasteiger partial charge >= 0.3 is 5.97 Å². The zero-order chi connectivity index (χ0) is 22.9. The van der Waals surface area contributed by atoms with Crippen molar-refractivity contribution in [3.05, 3.63) is 82.7 Å². The molecule has 0 fully saturated rings. The van der Waals surface area contributed by atoms with Crippen LogP contribution in [0.2, 0.25) is 0 Å². The monoisotopic (exact) mass is 439 g/mol. The molecule has 1 aliphatic heterocycles. The summed E-state index contributed by atoms with van der Waals surface area (Å²) in [4.78, 5) is 17.0. The molecule has 1 aliphatic rings. The summed E-state index contributed by atoms with van der Waals surface area (Å²) in [7, 11) is 1.61. The lowest BCUT2D eigenvalue weighted by Crippen LogP contribution is -2.10. The van der Waals surface area contributed by atoms with Gasteiger partial charge < -0.3 is 9.47 Å².